The Morgan fingerprint density at radius 1 is 1.64 bits per heavy atom. The zero-order valence-electron chi connectivity index (χ0n) is 7.16. The fourth-order valence-electron chi connectivity index (χ4n) is 0.789. The average Bonchev–Trinajstić information content (AvgIpc) is 2.10. The molecule has 0 aliphatic rings. The number of aromatic amines is 1. The van der Waals surface area contributed by atoms with Gasteiger partial charge >= 0.3 is 104 Å². The Bertz CT molecular complexity index is 418. The Hall–Kier alpha value is -0.190. The van der Waals surface area contributed by atoms with Crippen molar-refractivity contribution in [3.05, 3.63) is 32.6 Å². The van der Waals surface area contributed by atoms with E-state index in [2.05, 4.69) is 27.6 Å². The van der Waals surface area contributed by atoms with Crippen molar-refractivity contribution in [1.82, 2.24) is 7.76 Å². The third kappa shape index (κ3) is 2.90. The van der Waals surface area contributed by atoms with Crippen LogP contribution in [0.1, 0.15) is 17.4 Å². The first-order valence-corrected chi connectivity index (χ1v) is 7.10. The van der Waals surface area contributed by atoms with Crippen LogP contribution in [-0.4, -0.2) is 16.0 Å². The first kappa shape index (κ1) is 11.9. The Labute approximate surface area is 104 Å². The predicted octanol–water partition coefficient (Wildman–Crippen LogP) is -3.02. The van der Waals surface area contributed by atoms with Crippen LogP contribution >= 0.6 is 22.6 Å². The number of H-pyrrole nitrogens is 1. The summed E-state index contributed by atoms with van der Waals surface area (Å²) < 4.78 is 1.47. The minimum atomic E-state index is -0.663. The van der Waals surface area contributed by atoms with Crippen molar-refractivity contribution in [2.75, 3.05) is 0 Å². The summed E-state index contributed by atoms with van der Waals surface area (Å²) in [6.45, 7) is 1.94. The molecule has 1 aromatic rings. The maximum absolute atomic E-state index is 11.4. The minimum absolute atomic E-state index is 0.0290. The predicted molar refractivity (Wildman–Crippen MR) is 55.6 cm³/mol. The second-order valence-corrected chi connectivity index (χ2v) is 10.0. The zero-order chi connectivity index (χ0) is 10.7. The Kier molecular flexibility index (Phi) is 4.29. The fraction of sp³-hybridized carbons (Fsp3) is 0.286. The van der Waals surface area contributed by atoms with E-state index in [1.165, 1.54) is 2.78 Å². The molecule has 0 aliphatic carbocycles. The van der Waals surface area contributed by atoms with Crippen molar-refractivity contribution >= 4 is 28.9 Å². The van der Waals surface area contributed by atoms with E-state index in [0.717, 1.165) is 6.07 Å². The number of aromatic nitrogens is 2. The van der Waals surface area contributed by atoms with E-state index in [0.29, 0.717) is 6.29 Å². The molecule has 14 heavy (non-hydrogen) atoms. The molecule has 0 amide bonds. The topological polar surface area (TPSA) is 71.9 Å². The molecule has 1 heterocycles. The van der Waals surface area contributed by atoms with Gasteiger partial charge in [-0.25, -0.2) is 0 Å². The second kappa shape index (κ2) is 5.05. The van der Waals surface area contributed by atoms with Crippen LogP contribution in [0.5, 0.6) is 0 Å². The van der Waals surface area contributed by atoms with Gasteiger partial charge in [-0.1, -0.05) is 0 Å². The van der Waals surface area contributed by atoms with E-state index < -0.39 is 32.7 Å². The van der Waals surface area contributed by atoms with Gasteiger partial charge in [0.2, 0.25) is 0 Å². The molecule has 0 saturated heterocycles. The summed E-state index contributed by atoms with van der Waals surface area (Å²) in [6.07, 6.45) is 0.457. The SMILES string of the molecule is CC(I)[I-]n1c(=O)cc(C=O)[nH]c1=O. The number of hydrogen-bond donors (Lipinski definition) is 1. The van der Waals surface area contributed by atoms with Crippen molar-refractivity contribution in [3.8, 4) is 0 Å². The number of nitrogens with one attached hydrogen (secondary N) is 1. The molecule has 0 spiro atoms. The monoisotopic (exact) mass is 421 g/mol. The summed E-state index contributed by atoms with van der Waals surface area (Å²) in [6, 6.07) is 1.15. The molecule has 1 rings (SSSR count). The number of alkyl halides is 2. The molecule has 1 atom stereocenters. The van der Waals surface area contributed by atoms with Gasteiger partial charge in [-0.05, 0) is 0 Å². The molecule has 1 N–H and O–H groups in total. The van der Waals surface area contributed by atoms with Gasteiger partial charge in [0, 0.05) is 0 Å². The quantitative estimate of drug-likeness (QED) is 0.321. The number of aldehydes is 1. The second-order valence-electron chi connectivity index (χ2n) is 2.38. The molecular formula is C7H7I2N2O3-. The molecule has 0 radical (unpaired) electrons. The maximum atomic E-state index is 11.4. The van der Waals surface area contributed by atoms with E-state index >= 15 is 0 Å². The van der Waals surface area contributed by atoms with Gasteiger partial charge in [0.1, 0.15) is 0 Å². The third-order valence-corrected chi connectivity index (χ3v) is 4.91. The Morgan fingerprint density at radius 3 is 2.71 bits per heavy atom. The van der Waals surface area contributed by atoms with E-state index in [1.54, 1.807) is 0 Å². The van der Waals surface area contributed by atoms with Crippen LogP contribution in [0, 0.1) is 0 Å². The van der Waals surface area contributed by atoms with Crippen molar-refractivity contribution in [2.24, 2.45) is 0 Å². The van der Waals surface area contributed by atoms with Crippen LogP contribution < -0.4 is 32.7 Å². The normalized spacial score (nSPS) is 12.7. The van der Waals surface area contributed by atoms with E-state index in [4.69, 9.17) is 0 Å². The van der Waals surface area contributed by atoms with Gasteiger partial charge < -0.3 is 0 Å². The molecule has 0 aromatic carbocycles. The summed E-state index contributed by atoms with van der Waals surface area (Å²) >= 11 is 1.50. The summed E-state index contributed by atoms with van der Waals surface area (Å²) in [7, 11) is 0. The van der Waals surface area contributed by atoms with Crippen molar-refractivity contribution in [1.29, 1.82) is 0 Å². The Morgan fingerprint density at radius 2 is 2.29 bits per heavy atom. The van der Waals surface area contributed by atoms with Crippen LogP contribution in [0.15, 0.2) is 15.7 Å². The number of carbonyl (C=O) groups excluding carboxylic acids is 1. The number of nitrogens with zero attached hydrogens (tertiary/aromatic N) is 1. The molecular weight excluding hydrogens is 414 g/mol. The number of halogens is 2. The molecule has 1 aromatic heterocycles. The molecule has 78 valence electrons. The molecule has 7 heteroatoms. The molecule has 0 bridgehead atoms. The third-order valence-electron chi connectivity index (χ3n) is 1.26. The number of hydrogen-bond acceptors (Lipinski definition) is 3. The summed E-state index contributed by atoms with van der Waals surface area (Å²) in [4.78, 5) is 35.4. The van der Waals surface area contributed by atoms with Crippen LogP contribution in [0.3, 0.4) is 0 Å². The van der Waals surface area contributed by atoms with Gasteiger partial charge in [-0.15, -0.1) is 0 Å². The molecule has 1 unspecified atom stereocenters. The zero-order valence-corrected chi connectivity index (χ0v) is 11.5. The van der Waals surface area contributed by atoms with Crippen molar-refractivity contribution < 1.29 is 26.3 Å². The van der Waals surface area contributed by atoms with Crippen LogP contribution in [0.2, 0.25) is 0 Å². The average molecular weight is 421 g/mol. The summed E-state index contributed by atoms with van der Waals surface area (Å²) in [5, 5.41) is 0. The summed E-state index contributed by atoms with van der Waals surface area (Å²) in [5.41, 5.74) is -0.857. The van der Waals surface area contributed by atoms with Gasteiger partial charge in [0.05, 0.1) is 0 Å². The number of carbonyl (C=O) groups is 1. The van der Waals surface area contributed by atoms with Crippen LogP contribution in [0.25, 0.3) is 0 Å². The Balaban J connectivity index is 3.26. The number of rotatable bonds is 3. The van der Waals surface area contributed by atoms with Crippen molar-refractivity contribution in [2.45, 2.75) is 8.86 Å². The molecule has 5 nitrogen and oxygen atoms in total. The van der Waals surface area contributed by atoms with Crippen LogP contribution in [0.4, 0.5) is 0 Å². The van der Waals surface area contributed by atoms with Crippen LogP contribution in [-0.2, 0) is 0 Å². The van der Waals surface area contributed by atoms with Gasteiger partial charge in [0.15, 0.2) is 0 Å². The van der Waals surface area contributed by atoms with Gasteiger partial charge in [-0.3, -0.25) is 0 Å². The molecule has 0 aliphatic heterocycles. The standard InChI is InChI=1S/C7H7I2N2O3/c1-4(8)9-11-6(13)2-5(3-12)10-7(11)14/h2-4H,1H3,(H,10,14)/q-1. The van der Waals surface area contributed by atoms with Gasteiger partial charge in [0.25, 0.3) is 0 Å². The first-order chi connectivity index (χ1) is 6.54. The molecule has 0 saturated carbocycles. The first-order valence-electron chi connectivity index (χ1n) is 3.64. The van der Waals surface area contributed by atoms with E-state index in [1.807, 2.05) is 6.92 Å². The van der Waals surface area contributed by atoms with Crippen molar-refractivity contribution in [3.63, 3.8) is 0 Å². The van der Waals surface area contributed by atoms with E-state index in [9.17, 15) is 14.4 Å². The van der Waals surface area contributed by atoms with E-state index in [-0.39, 0.29) is 7.63 Å². The fourth-order valence-corrected chi connectivity index (χ4v) is 3.76. The molecule has 0 fully saturated rings. The van der Waals surface area contributed by atoms with Gasteiger partial charge in [-0.2, -0.15) is 0 Å². The summed E-state index contributed by atoms with van der Waals surface area (Å²) in [5.74, 6) is 0.